The fourth-order valence-electron chi connectivity index (χ4n) is 3.20. The van der Waals surface area contributed by atoms with Crippen LogP contribution in [0.15, 0.2) is 24.5 Å². The largest absolute Gasteiger partial charge is 0.298 e. The maximum Gasteiger partial charge on any atom is 0.211 e. The lowest BCUT2D eigenvalue weighted by Gasteiger charge is -2.19. The molecule has 0 aliphatic carbocycles. The van der Waals surface area contributed by atoms with E-state index in [1.165, 1.54) is 11.8 Å². The first-order chi connectivity index (χ1) is 9.02. The zero-order valence-corrected chi connectivity index (χ0v) is 11.9. The number of rotatable bonds is 3. The topological polar surface area (TPSA) is 53.5 Å². The third-order valence-electron chi connectivity index (χ3n) is 4.13. The van der Waals surface area contributed by atoms with Gasteiger partial charge in [0.1, 0.15) is 0 Å². The van der Waals surface area contributed by atoms with Crippen molar-refractivity contribution in [1.82, 2.24) is 14.2 Å². The van der Waals surface area contributed by atoms with E-state index < -0.39 is 10.0 Å². The Kier molecular flexibility index (Phi) is 3.32. The summed E-state index contributed by atoms with van der Waals surface area (Å²) in [7, 11) is -3.02. The van der Waals surface area contributed by atoms with Gasteiger partial charge in [-0.05, 0) is 23.5 Å². The van der Waals surface area contributed by atoms with E-state index in [4.69, 9.17) is 0 Å². The van der Waals surface area contributed by atoms with Crippen LogP contribution in [0, 0.1) is 11.8 Å². The smallest absolute Gasteiger partial charge is 0.211 e. The lowest BCUT2D eigenvalue weighted by molar-refractivity contribution is 0.290. The molecular formula is C13H19N3O2S. The number of aromatic nitrogens is 1. The van der Waals surface area contributed by atoms with Gasteiger partial charge in [0.15, 0.2) is 0 Å². The quantitative estimate of drug-likeness (QED) is 0.805. The number of sulfonamides is 1. The highest BCUT2D eigenvalue weighted by atomic mass is 32.2. The molecule has 0 unspecified atom stereocenters. The summed E-state index contributed by atoms with van der Waals surface area (Å²) >= 11 is 0. The first-order valence-corrected chi connectivity index (χ1v) is 8.43. The molecule has 0 bridgehead atoms. The second kappa shape index (κ2) is 4.85. The summed E-state index contributed by atoms with van der Waals surface area (Å²) in [4.78, 5) is 6.54. The molecule has 0 radical (unpaired) electrons. The van der Waals surface area contributed by atoms with Crippen LogP contribution in [-0.2, 0) is 16.6 Å². The summed E-state index contributed by atoms with van der Waals surface area (Å²) in [5.74, 6) is 0.984. The average molecular weight is 281 g/mol. The van der Waals surface area contributed by atoms with Gasteiger partial charge in [-0.3, -0.25) is 9.88 Å². The fraction of sp³-hybridized carbons (Fsp3) is 0.615. The highest BCUT2D eigenvalue weighted by Crippen LogP contribution is 2.32. The van der Waals surface area contributed by atoms with Gasteiger partial charge < -0.3 is 0 Å². The molecule has 2 aliphatic heterocycles. The molecule has 0 aromatic carbocycles. The molecule has 6 heteroatoms. The molecule has 19 heavy (non-hydrogen) atoms. The second-order valence-corrected chi connectivity index (χ2v) is 7.64. The molecule has 0 N–H and O–H groups in total. The lowest BCUT2D eigenvalue weighted by atomic mass is 10.0. The number of hydrogen-bond donors (Lipinski definition) is 0. The maximum atomic E-state index is 11.5. The number of likely N-dealkylation sites (tertiary alicyclic amines) is 1. The Morgan fingerprint density at radius 2 is 1.95 bits per heavy atom. The van der Waals surface area contributed by atoms with Crippen LogP contribution in [-0.4, -0.2) is 55.0 Å². The van der Waals surface area contributed by atoms with Gasteiger partial charge in [-0.25, -0.2) is 12.7 Å². The first kappa shape index (κ1) is 13.0. The van der Waals surface area contributed by atoms with E-state index in [-0.39, 0.29) is 0 Å². The zero-order chi connectivity index (χ0) is 13.5. The summed E-state index contributed by atoms with van der Waals surface area (Å²) < 4.78 is 24.7. The highest BCUT2D eigenvalue weighted by Gasteiger charge is 2.42. The minimum absolute atomic E-state index is 0.492. The molecule has 1 aromatic heterocycles. The second-order valence-electron chi connectivity index (χ2n) is 5.66. The van der Waals surface area contributed by atoms with Gasteiger partial charge in [0.25, 0.3) is 0 Å². The normalized spacial score (nSPS) is 28.7. The van der Waals surface area contributed by atoms with Crippen molar-refractivity contribution in [3.8, 4) is 0 Å². The Labute approximate surface area is 114 Å². The Morgan fingerprint density at radius 1 is 1.26 bits per heavy atom. The van der Waals surface area contributed by atoms with E-state index in [1.54, 1.807) is 10.5 Å². The molecule has 0 saturated carbocycles. The summed E-state index contributed by atoms with van der Waals surface area (Å²) in [5.41, 5.74) is 1.22. The molecule has 0 spiro atoms. The third kappa shape index (κ3) is 2.80. The highest BCUT2D eigenvalue weighted by molar-refractivity contribution is 7.88. The monoisotopic (exact) mass is 281 g/mol. The van der Waals surface area contributed by atoms with E-state index in [0.29, 0.717) is 24.9 Å². The van der Waals surface area contributed by atoms with Crippen molar-refractivity contribution >= 4 is 10.0 Å². The third-order valence-corrected chi connectivity index (χ3v) is 5.36. The Morgan fingerprint density at radius 3 is 2.47 bits per heavy atom. The molecule has 2 saturated heterocycles. The molecular weight excluding hydrogens is 262 g/mol. The van der Waals surface area contributed by atoms with Gasteiger partial charge in [-0.1, -0.05) is 6.07 Å². The van der Waals surface area contributed by atoms with Gasteiger partial charge in [-0.2, -0.15) is 0 Å². The molecule has 104 valence electrons. The van der Waals surface area contributed by atoms with Crippen LogP contribution in [0.3, 0.4) is 0 Å². The van der Waals surface area contributed by atoms with Crippen molar-refractivity contribution in [3.05, 3.63) is 30.1 Å². The standard InChI is InChI=1S/C13H19N3O2S/c1-19(17,18)16-9-12-7-15(8-13(12)10-16)6-11-3-2-4-14-5-11/h2-5,12-13H,6-10H2,1H3/t12-,13+. The predicted octanol–water partition coefficient (Wildman–Crippen LogP) is 0.405. The van der Waals surface area contributed by atoms with Crippen molar-refractivity contribution < 1.29 is 8.42 Å². The van der Waals surface area contributed by atoms with E-state index >= 15 is 0 Å². The molecule has 2 aliphatic rings. The van der Waals surface area contributed by atoms with E-state index in [2.05, 4.69) is 16.0 Å². The Hall–Kier alpha value is -0.980. The van der Waals surface area contributed by atoms with E-state index in [9.17, 15) is 8.42 Å². The van der Waals surface area contributed by atoms with Crippen LogP contribution < -0.4 is 0 Å². The van der Waals surface area contributed by atoms with Crippen LogP contribution in [0.5, 0.6) is 0 Å². The Bertz CT molecular complexity index is 532. The summed E-state index contributed by atoms with van der Waals surface area (Å²) in [5, 5.41) is 0. The van der Waals surface area contributed by atoms with Gasteiger partial charge in [0, 0.05) is 45.1 Å². The van der Waals surface area contributed by atoms with Gasteiger partial charge in [-0.15, -0.1) is 0 Å². The fourth-order valence-corrected chi connectivity index (χ4v) is 4.12. The molecule has 0 amide bonds. The first-order valence-electron chi connectivity index (χ1n) is 6.59. The molecule has 2 fully saturated rings. The molecule has 2 atom stereocenters. The number of hydrogen-bond acceptors (Lipinski definition) is 4. The van der Waals surface area contributed by atoms with Gasteiger partial charge in [0.2, 0.25) is 10.0 Å². The SMILES string of the molecule is CS(=O)(=O)N1C[C@H]2CN(Cc3cccnc3)C[C@H]2C1. The molecule has 3 heterocycles. The van der Waals surface area contributed by atoms with Crippen molar-refractivity contribution in [2.75, 3.05) is 32.4 Å². The van der Waals surface area contributed by atoms with Crippen LogP contribution in [0.4, 0.5) is 0 Å². The van der Waals surface area contributed by atoms with Crippen molar-refractivity contribution in [2.45, 2.75) is 6.54 Å². The van der Waals surface area contributed by atoms with Crippen LogP contribution in [0.1, 0.15) is 5.56 Å². The Balaban J connectivity index is 1.60. The zero-order valence-electron chi connectivity index (χ0n) is 11.1. The minimum Gasteiger partial charge on any atom is -0.298 e. The van der Waals surface area contributed by atoms with E-state index in [0.717, 1.165) is 19.6 Å². The lowest BCUT2D eigenvalue weighted by Crippen LogP contribution is -2.32. The molecule has 3 rings (SSSR count). The molecule has 5 nitrogen and oxygen atoms in total. The predicted molar refractivity (Wildman–Crippen MR) is 72.9 cm³/mol. The number of fused-ring (bicyclic) bond motifs is 1. The maximum absolute atomic E-state index is 11.5. The number of nitrogens with zero attached hydrogens (tertiary/aromatic N) is 3. The van der Waals surface area contributed by atoms with Crippen molar-refractivity contribution in [1.29, 1.82) is 0 Å². The van der Waals surface area contributed by atoms with Crippen LogP contribution >= 0.6 is 0 Å². The summed E-state index contributed by atoms with van der Waals surface area (Å²) in [6.45, 7) is 4.27. The minimum atomic E-state index is -3.02. The summed E-state index contributed by atoms with van der Waals surface area (Å²) in [6, 6.07) is 4.04. The van der Waals surface area contributed by atoms with Gasteiger partial charge >= 0.3 is 0 Å². The van der Waals surface area contributed by atoms with Gasteiger partial charge in [0.05, 0.1) is 6.26 Å². The summed E-state index contributed by atoms with van der Waals surface area (Å²) in [6.07, 6.45) is 4.99. The van der Waals surface area contributed by atoms with E-state index in [1.807, 2.05) is 12.3 Å². The average Bonchev–Trinajstić information content (AvgIpc) is 2.87. The van der Waals surface area contributed by atoms with Crippen LogP contribution in [0.2, 0.25) is 0 Å². The number of pyridine rings is 1. The van der Waals surface area contributed by atoms with Crippen LogP contribution in [0.25, 0.3) is 0 Å². The van der Waals surface area contributed by atoms with Crippen molar-refractivity contribution in [2.24, 2.45) is 11.8 Å². The van der Waals surface area contributed by atoms with Crippen molar-refractivity contribution in [3.63, 3.8) is 0 Å². The molecule has 1 aromatic rings.